The second-order valence-corrected chi connectivity index (χ2v) is 10.8. The van der Waals surface area contributed by atoms with Gasteiger partial charge in [-0.2, -0.15) is 4.98 Å². The second kappa shape index (κ2) is 11.1. The Morgan fingerprint density at radius 3 is 2.80 bits per heavy atom. The molecule has 3 aromatic rings. The lowest BCUT2D eigenvalue weighted by Crippen LogP contribution is -2.55. The van der Waals surface area contributed by atoms with Crippen LogP contribution in [0.1, 0.15) is 39.5 Å². The van der Waals surface area contributed by atoms with Gasteiger partial charge in [0.2, 0.25) is 5.95 Å². The van der Waals surface area contributed by atoms with Crippen molar-refractivity contribution in [2.24, 2.45) is 7.05 Å². The van der Waals surface area contributed by atoms with Gasteiger partial charge in [0, 0.05) is 30.7 Å². The van der Waals surface area contributed by atoms with Crippen LogP contribution in [-0.4, -0.2) is 88.4 Å². The van der Waals surface area contributed by atoms with Crippen molar-refractivity contribution < 1.29 is 23.7 Å². The summed E-state index contributed by atoms with van der Waals surface area (Å²) in [6, 6.07) is 2.76. The summed E-state index contributed by atoms with van der Waals surface area (Å²) in [5.74, 6) is -1.51. The molecule has 4 heterocycles. The molecule has 0 bridgehead atoms. The summed E-state index contributed by atoms with van der Waals surface area (Å²) in [4.78, 5) is 23.8. The maximum atomic E-state index is 15.2. The number of fused-ring (bicyclic) bond motifs is 1. The number of piperidine rings is 1. The van der Waals surface area contributed by atoms with Gasteiger partial charge >= 0.3 is 5.69 Å². The number of hydrogen-bond acceptors (Lipinski definition) is 11. The Morgan fingerprint density at radius 2 is 2.08 bits per heavy atom. The second-order valence-electron chi connectivity index (χ2n) is 10.8. The Labute approximate surface area is 228 Å². The van der Waals surface area contributed by atoms with Gasteiger partial charge in [-0.15, -0.1) is 4.80 Å². The summed E-state index contributed by atoms with van der Waals surface area (Å²) in [5.41, 5.74) is -0.688. The van der Waals surface area contributed by atoms with Gasteiger partial charge in [0.15, 0.2) is 17.5 Å². The molecule has 15 heteroatoms. The normalized spacial score (nSPS) is 21.2. The van der Waals surface area contributed by atoms with Gasteiger partial charge in [-0.1, -0.05) is 5.10 Å². The van der Waals surface area contributed by atoms with Gasteiger partial charge in [-0.3, -0.25) is 4.90 Å². The van der Waals surface area contributed by atoms with E-state index in [0.717, 1.165) is 54.0 Å². The summed E-state index contributed by atoms with van der Waals surface area (Å²) in [5, 5.41) is 32.0. The molecule has 3 atom stereocenters. The molecule has 2 aromatic heterocycles. The van der Waals surface area contributed by atoms with Crippen LogP contribution in [0.3, 0.4) is 0 Å². The molecule has 0 spiro atoms. The third-order valence-corrected chi connectivity index (χ3v) is 7.47. The van der Waals surface area contributed by atoms with Crippen LogP contribution in [0.15, 0.2) is 23.1 Å². The summed E-state index contributed by atoms with van der Waals surface area (Å²) in [7, 11) is 1.41. The Kier molecular flexibility index (Phi) is 7.70. The molecule has 0 radical (unpaired) electrons. The zero-order chi connectivity index (χ0) is 28.6. The average molecular weight is 562 g/mol. The largest absolute Gasteiger partial charge is 0.488 e. The first kappa shape index (κ1) is 27.9. The van der Waals surface area contributed by atoms with Crippen molar-refractivity contribution >= 4 is 17.5 Å². The highest BCUT2D eigenvalue weighted by molar-refractivity contribution is 5.63. The molecule has 0 amide bonds. The Bertz CT molecular complexity index is 1430. The molecule has 0 saturated carbocycles. The Balaban J connectivity index is 1.41. The maximum Gasteiger partial charge on any atom is 0.383 e. The minimum Gasteiger partial charge on any atom is -0.488 e. The number of anilines is 3. The van der Waals surface area contributed by atoms with E-state index in [1.54, 1.807) is 0 Å². The van der Waals surface area contributed by atoms with E-state index in [0.29, 0.717) is 6.04 Å². The fourth-order valence-corrected chi connectivity index (χ4v) is 5.61. The van der Waals surface area contributed by atoms with Crippen LogP contribution in [0.2, 0.25) is 0 Å². The van der Waals surface area contributed by atoms with Crippen molar-refractivity contribution in [2.45, 2.75) is 63.3 Å². The zero-order valence-electron chi connectivity index (χ0n) is 22.5. The number of nitrogens with one attached hydrogen (secondary N) is 2. The van der Waals surface area contributed by atoms with Crippen molar-refractivity contribution in [3.05, 3.63) is 40.4 Å². The van der Waals surface area contributed by atoms with E-state index >= 15 is 4.39 Å². The summed E-state index contributed by atoms with van der Waals surface area (Å²) >= 11 is 0. The third kappa shape index (κ3) is 5.62. The first-order valence-corrected chi connectivity index (χ1v) is 13.1. The lowest BCUT2D eigenvalue weighted by atomic mass is 9.84. The number of benzene rings is 1. The zero-order valence-corrected chi connectivity index (χ0v) is 22.5. The van der Waals surface area contributed by atoms with E-state index in [1.807, 2.05) is 0 Å². The average Bonchev–Trinajstić information content (AvgIpc) is 3.52. The number of nitrogens with zero attached hydrogens (tertiary/aromatic N) is 7. The predicted molar refractivity (Wildman–Crippen MR) is 141 cm³/mol. The van der Waals surface area contributed by atoms with E-state index in [-0.39, 0.29) is 47.1 Å². The molecule has 2 fully saturated rings. The van der Waals surface area contributed by atoms with Crippen LogP contribution >= 0.6 is 0 Å². The standard InChI is InChI=1S/C25H33F2N9O4/c1-25(2)10-14(7-15-5-4-6-35(15)25)29-22-18(27)11-28-23(31-22)30-19-9-20(36-33-32-24(39)34(36)3)21(8-17(19)26)40-13-16(38)12-37/h8-9,11,14-16,37-38H,4-7,10,12-13H2,1-3H3,(H2,28,29,30,31)/t14-,15+,16-/m1/s1. The summed E-state index contributed by atoms with van der Waals surface area (Å²) < 4.78 is 36.5. The Hall–Kier alpha value is -3.69. The fourth-order valence-electron chi connectivity index (χ4n) is 5.61. The third-order valence-electron chi connectivity index (χ3n) is 7.47. The maximum absolute atomic E-state index is 15.2. The van der Waals surface area contributed by atoms with Crippen LogP contribution in [0, 0.1) is 11.6 Å². The smallest absolute Gasteiger partial charge is 0.383 e. The van der Waals surface area contributed by atoms with Crippen molar-refractivity contribution in [3.8, 4) is 11.4 Å². The highest BCUT2D eigenvalue weighted by atomic mass is 19.1. The monoisotopic (exact) mass is 561 g/mol. The van der Waals surface area contributed by atoms with Crippen molar-refractivity contribution in [3.63, 3.8) is 0 Å². The van der Waals surface area contributed by atoms with Gasteiger partial charge in [0.1, 0.15) is 24.1 Å². The van der Waals surface area contributed by atoms with Gasteiger partial charge in [0.05, 0.1) is 18.5 Å². The van der Waals surface area contributed by atoms with Crippen LogP contribution in [0.5, 0.6) is 5.75 Å². The van der Waals surface area contributed by atoms with Crippen LogP contribution in [-0.2, 0) is 7.05 Å². The topological polar surface area (TPSA) is 155 Å². The molecule has 0 unspecified atom stereocenters. The number of aliphatic hydroxyl groups is 2. The SMILES string of the molecule is Cn1c(=O)nnn1-c1cc(Nc2ncc(F)c(N[C@@H]3C[C@@H]4CCCN4C(C)(C)C3)n2)c(F)cc1OC[C@H](O)CO. The van der Waals surface area contributed by atoms with Crippen molar-refractivity contribution in [1.29, 1.82) is 0 Å². The molecule has 13 nitrogen and oxygen atoms in total. The predicted octanol–water partition coefficient (Wildman–Crippen LogP) is 1.33. The number of aromatic nitrogens is 6. The highest BCUT2D eigenvalue weighted by Gasteiger charge is 2.43. The van der Waals surface area contributed by atoms with E-state index in [1.165, 1.54) is 13.1 Å². The molecule has 5 rings (SSSR count). The number of hydrogen-bond donors (Lipinski definition) is 4. The van der Waals surface area contributed by atoms with Crippen molar-refractivity contribution in [2.75, 3.05) is 30.4 Å². The molecule has 4 N–H and O–H groups in total. The first-order chi connectivity index (χ1) is 19.1. The summed E-state index contributed by atoms with van der Waals surface area (Å²) in [6.07, 6.45) is 3.75. The molecule has 2 aliphatic heterocycles. The van der Waals surface area contributed by atoms with Crippen LogP contribution < -0.4 is 21.1 Å². The molecular weight excluding hydrogens is 528 g/mol. The molecule has 2 aliphatic rings. The molecular formula is C25H33F2N9O4. The van der Waals surface area contributed by atoms with E-state index < -0.39 is 30.0 Å². The number of ether oxygens (including phenoxy) is 1. The van der Waals surface area contributed by atoms with Crippen LogP contribution in [0.25, 0.3) is 5.69 Å². The first-order valence-electron chi connectivity index (χ1n) is 13.1. The lowest BCUT2D eigenvalue weighted by molar-refractivity contribution is 0.0500. The van der Waals surface area contributed by atoms with E-state index in [4.69, 9.17) is 9.84 Å². The number of aliphatic hydroxyl groups excluding tert-OH is 2. The summed E-state index contributed by atoms with van der Waals surface area (Å²) in [6.45, 7) is 4.57. The molecule has 216 valence electrons. The van der Waals surface area contributed by atoms with Gasteiger partial charge < -0.3 is 25.6 Å². The quantitative estimate of drug-likeness (QED) is 0.299. The van der Waals surface area contributed by atoms with Gasteiger partial charge in [-0.05, 0) is 57.4 Å². The Morgan fingerprint density at radius 1 is 1.27 bits per heavy atom. The number of rotatable bonds is 9. The lowest BCUT2D eigenvalue weighted by Gasteiger charge is -2.47. The molecule has 2 saturated heterocycles. The van der Waals surface area contributed by atoms with Gasteiger partial charge in [-0.25, -0.2) is 23.2 Å². The molecule has 1 aromatic carbocycles. The number of tetrazole rings is 1. The number of halogens is 2. The van der Waals surface area contributed by atoms with Gasteiger partial charge in [0.25, 0.3) is 0 Å². The van der Waals surface area contributed by atoms with E-state index in [9.17, 15) is 14.3 Å². The minimum absolute atomic E-state index is 0.00856. The molecule has 0 aliphatic carbocycles. The van der Waals surface area contributed by atoms with Crippen LogP contribution in [0.4, 0.5) is 26.2 Å². The highest BCUT2D eigenvalue weighted by Crippen LogP contribution is 2.38. The van der Waals surface area contributed by atoms with Crippen molar-refractivity contribution in [1.82, 2.24) is 34.7 Å². The minimum atomic E-state index is -1.21. The fraction of sp³-hybridized carbons (Fsp3) is 0.560. The van der Waals surface area contributed by atoms with E-state index in [2.05, 4.69) is 49.7 Å². The molecule has 40 heavy (non-hydrogen) atoms.